The number of benzene rings is 2. The minimum Gasteiger partial charge on any atom is -0.485 e. The van der Waals surface area contributed by atoms with Gasteiger partial charge in [-0.3, -0.25) is 4.79 Å². The lowest BCUT2D eigenvalue weighted by Crippen LogP contribution is -2.53. The second-order valence-corrected chi connectivity index (χ2v) is 9.45. The Labute approximate surface area is 163 Å². The maximum Gasteiger partial charge on any atom is 0.321 e. The number of fused-ring (bicyclic) bond motifs is 1. The van der Waals surface area contributed by atoms with Crippen molar-refractivity contribution < 1.29 is 27.8 Å². The van der Waals surface area contributed by atoms with Gasteiger partial charge in [0.15, 0.2) is 0 Å². The zero-order valence-electron chi connectivity index (χ0n) is 15.5. The molecule has 0 radical (unpaired) electrons. The lowest BCUT2D eigenvalue weighted by molar-refractivity contribution is -0.137. The number of cyclic esters (lactones) is 1. The lowest BCUT2D eigenvalue weighted by Gasteiger charge is -2.44. The van der Waals surface area contributed by atoms with Crippen LogP contribution >= 0.6 is 0 Å². The first-order chi connectivity index (χ1) is 13.2. The second-order valence-electron chi connectivity index (χ2n) is 7.50. The van der Waals surface area contributed by atoms with Crippen LogP contribution in [0.5, 0.6) is 5.75 Å². The summed E-state index contributed by atoms with van der Waals surface area (Å²) in [6.07, 6.45) is -0.982. The Morgan fingerprint density at radius 3 is 2.46 bits per heavy atom. The van der Waals surface area contributed by atoms with E-state index in [1.807, 2.05) is 0 Å². The van der Waals surface area contributed by atoms with Crippen molar-refractivity contribution in [3.05, 3.63) is 54.1 Å². The molecule has 2 aliphatic heterocycles. The van der Waals surface area contributed by atoms with E-state index in [0.29, 0.717) is 11.3 Å². The molecule has 28 heavy (non-hydrogen) atoms. The Kier molecular flexibility index (Phi) is 4.45. The van der Waals surface area contributed by atoms with E-state index in [-0.39, 0.29) is 29.0 Å². The number of carbonyl (C=O) groups is 1. The zero-order valence-corrected chi connectivity index (χ0v) is 16.3. The quantitative estimate of drug-likeness (QED) is 0.783. The summed E-state index contributed by atoms with van der Waals surface area (Å²) in [7, 11) is -3.73. The van der Waals surface area contributed by atoms with Gasteiger partial charge >= 0.3 is 5.97 Å². The highest BCUT2D eigenvalue weighted by atomic mass is 32.2. The number of rotatable bonds is 3. The molecule has 0 aliphatic carbocycles. The van der Waals surface area contributed by atoms with Crippen LogP contribution in [0.2, 0.25) is 0 Å². The first-order valence-electron chi connectivity index (χ1n) is 8.91. The van der Waals surface area contributed by atoms with Crippen LogP contribution in [0.1, 0.15) is 25.5 Å². The molecule has 0 spiro atoms. The van der Waals surface area contributed by atoms with E-state index in [2.05, 4.69) is 0 Å². The molecular weight excluding hydrogens is 382 g/mol. The highest BCUT2D eigenvalue weighted by Crippen LogP contribution is 2.44. The zero-order chi connectivity index (χ0) is 20.1. The first kappa shape index (κ1) is 18.9. The summed E-state index contributed by atoms with van der Waals surface area (Å²) in [6.45, 7) is 3.56. The molecule has 0 unspecified atom stereocenters. The van der Waals surface area contributed by atoms with Crippen molar-refractivity contribution in [1.82, 2.24) is 4.90 Å². The highest BCUT2D eigenvalue weighted by Gasteiger charge is 2.47. The number of nitrogens with zero attached hydrogens (tertiary/aromatic N) is 1. The number of hydrogen-bond donors (Lipinski definition) is 1. The van der Waals surface area contributed by atoms with Crippen molar-refractivity contribution in [2.75, 3.05) is 13.3 Å². The molecule has 1 saturated heterocycles. The van der Waals surface area contributed by atoms with Crippen LogP contribution < -0.4 is 4.74 Å². The molecule has 2 atom stereocenters. The summed E-state index contributed by atoms with van der Waals surface area (Å²) in [5.74, 6) is 0.0952. The summed E-state index contributed by atoms with van der Waals surface area (Å²) in [4.78, 5) is 13.6. The van der Waals surface area contributed by atoms with E-state index in [1.54, 1.807) is 43.0 Å². The highest BCUT2D eigenvalue weighted by molar-refractivity contribution is 7.91. The third-order valence-electron chi connectivity index (χ3n) is 5.17. The van der Waals surface area contributed by atoms with Gasteiger partial charge in [0.2, 0.25) is 9.84 Å². The van der Waals surface area contributed by atoms with Crippen LogP contribution in [0.3, 0.4) is 0 Å². The van der Waals surface area contributed by atoms with Gasteiger partial charge in [-0.1, -0.05) is 18.2 Å². The van der Waals surface area contributed by atoms with Crippen LogP contribution in [-0.2, 0) is 19.4 Å². The monoisotopic (exact) mass is 403 g/mol. The Morgan fingerprint density at radius 1 is 1.11 bits per heavy atom. The summed E-state index contributed by atoms with van der Waals surface area (Å²) >= 11 is 0. The van der Waals surface area contributed by atoms with Crippen molar-refractivity contribution in [3.8, 4) is 5.75 Å². The predicted octanol–water partition coefficient (Wildman–Crippen LogP) is 1.91. The lowest BCUT2D eigenvalue weighted by atomic mass is 9.86. The van der Waals surface area contributed by atoms with Crippen LogP contribution in [0.15, 0.2) is 58.3 Å². The molecular formula is C20H21NO6S. The van der Waals surface area contributed by atoms with Crippen LogP contribution in [0.4, 0.5) is 0 Å². The van der Waals surface area contributed by atoms with E-state index < -0.39 is 27.6 Å². The normalized spacial score (nSPS) is 24.3. The Morgan fingerprint density at radius 2 is 1.82 bits per heavy atom. The fourth-order valence-electron chi connectivity index (χ4n) is 3.63. The smallest absolute Gasteiger partial charge is 0.321 e. The summed E-state index contributed by atoms with van der Waals surface area (Å²) < 4.78 is 37.0. The van der Waals surface area contributed by atoms with E-state index >= 15 is 0 Å². The molecule has 8 heteroatoms. The van der Waals surface area contributed by atoms with Crippen molar-refractivity contribution in [1.29, 1.82) is 0 Å². The third kappa shape index (κ3) is 3.07. The van der Waals surface area contributed by atoms with Crippen LogP contribution in [0, 0.1) is 0 Å². The Hall–Kier alpha value is -2.42. The minimum atomic E-state index is -3.73. The molecule has 1 N–H and O–H groups in total. The Balaban J connectivity index is 1.82. The van der Waals surface area contributed by atoms with Crippen molar-refractivity contribution in [3.63, 3.8) is 0 Å². The number of aliphatic hydroxyl groups excluding tert-OH is 1. The maximum atomic E-state index is 13.0. The summed E-state index contributed by atoms with van der Waals surface area (Å²) in [5.41, 5.74) is -0.398. The molecule has 7 nitrogen and oxygen atoms in total. The average molecular weight is 403 g/mol. The van der Waals surface area contributed by atoms with Crippen molar-refractivity contribution in [2.24, 2.45) is 0 Å². The molecule has 2 aromatic carbocycles. The van der Waals surface area contributed by atoms with Gasteiger partial charge in [-0.05, 0) is 44.2 Å². The number of carbonyl (C=O) groups excluding carboxylic acids is 1. The molecule has 0 saturated carbocycles. The van der Waals surface area contributed by atoms with E-state index in [1.165, 1.54) is 24.3 Å². The molecule has 2 heterocycles. The molecule has 148 valence electrons. The number of esters is 1. The fraction of sp³-hybridized carbons (Fsp3) is 0.350. The molecule has 0 bridgehead atoms. The van der Waals surface area contributed by atoms with E-state index in [0.717, 1.165) is 0 Å². The molecule has 2 aliphatic rings. The van der Waals surface area contributed by atoms with Crippen LogP contribution in [0.25, 0.3) is 0 Å². The van der Waals surface area contributed by atoms with Crippen LogP contribution in [-0.4, -0.2) is 49.4 Å². The van der Waals surface area contributed by atoms with E-state index in [9.17, 15) is 18.3 Å². The molecule has 0 aromatic heterocycles. The van der Waals surface area contributed by atoms with Gasteiger partial charge in [-0.25, -0.2) is 13.3 Å². The number of ether oxygens (including phenoxy) is 2. The summed E-state index contributed by atoms with van der Waals surface area (Å²) in [6, 6.07) is 12.1. The van der Waals surface area contributed by atoms with Gasteiger partial charge in [0.25, 0.3) is 0 Å². The predicted molar refractivity (Wildman–Crippen MR) is 99.5 cm³/mol. The van der Waals surface area contributed by atoms with Gasteiger partial charge in [0.1, 0.15) is 30.7 Å². The third-order valence-corrected chi connectivity index (χ3v) is 6.93. The van der Waals surface area contributed by atoms with Gasteiger partial charge in [-0.2, -0.15) is 0 Å². The van der Waals surface area contributed by atoms with Gasteiger partial charge in [0, 0.05) is 5.56 Å². The van der Waals surface area contributed by atoms with E-state index in [4.69, 9.17) is 9.47 Å². The van der Waals surface area contributed by atoms with Crippen molar-refractivity contribution >= 4 is 15.8 Å². The van der Waals surface area contributed by atoms with Gasteiger partial charge < -0.3 is 14.6 Å². The first-order valence-corrected chi connectivity index (χ1v) is 10.4. The molecule has 0 amide bonds. The maximum absolute atomic E-state index is 13.0. The fourth-order valence-corrected chi connectivity index (χ4v) is 4.95. The molecule has 4 rings (SSSR count). The standard InChI is InChI=1S/C20H21NO6S/c1-20(2)19(23)18(21-11-17(22)26-12-21)15-10-14(8-9-16(15)27-20)28(24,25)13-6-4-3-5-7-13/h3-10,18-19,23H,11-12H2,1-2H3/t18-,19+/m0/s1. The van der Waals surface area contributed by atoms with Crippen molar-refractivity contribution in [2.45, 2.75) is 41.4 Å². The number of hydrogen-bond acceptors (Lipinski definition) is 7. The number of aliphatic hydroxyl groups is 1. The largest absolute Gasteiger partial charge is 0.485 e. The Bertz CT molecular complexity index is 1020. The SMILES string of the molecule is CC1(C)Oc2ccc(S(=O)(=O)c3ccccc3)cc2[C@H](N2COC(=O)C2)[C@H]1O. The number of sulfone groups is 1. The molecule has 1 fully saturated rings. The minimum absolute atomic E-state index is 0.0207. The molecule has 2 aromatic rings. The topological polar surface area (TPSA) is 93.1 Å². The van der Waals surface area contributed by atoms with Gasteiger partial charge in [-0.15, -0.1) is 0 Å². The van der Waals surface area contributed by atoms with Gasteiger partial charge in [0.05, 0.1) is 15.8 Å². The summed E-state index contributed by atoms with van der Waals surface area (Å²) in [5, 5.41) is 10.9. The second kappa shape index (κ2) is 6.58. The average Bonchev–Trinajstić information content (AvgIpc) is 3.08.